The molecule has 1 aliphatic rings. The molecule has 1 heterocycles. The number of benzene rings is 1. The summed E-state index contributed by atoms with van der Waals surface area (Å²) in [7, 11) is -3.41. The Morgan fingerprint density at radius 1 is 1.37 bits per heavy atom. The number of rotatable bonds is 5. The Morgan fingerprint density at radius 3 is 2.79 bits per heavy atom. The molecule has 0 aromatic heterocycles. The Kier molecular flexibility index (Phi) is 5.09. The normalized spacial score (nSPS) is 19.8. The van der Waals surface area contributed by atoms with Gasteiger partial charge in [0.1, 0.15) is 0 Å². The van der Waals surface area contributed by atoms with Crippen LogP contribution in [0, 0.1) is 0 Å². The average molecular weight is 324 g/mol. The first kappa shape index (κ1) is 15.1. The topological polar surface area (TPSA) is 55.4 Å². The van der Waals surface area contributed by atoms with Crippen molar-refractivity contribution in [3.63, 3.8) is 0 Å². The van der Waals surface area contributed by atoms with Gasteiger partial charge >= 0.3 is 0 Å². The molecule has 4 nitrogen and oxygen atoms in total. The maximum absolute atomic E-state index is 11.9. The fourth-order valence-corrected chi connectivity index (χ4v) is 3.68. The van der Waals surface area contributed by atoms with Gasteiger partial charge in [0.2, 0.25) is 10.0 Å². The molecule has 2 rings (SSSR count). The Morgan fingerprint density at radius 2 is 2.16 bits per heavy atom. The van der Waals surface area contributed by atoms with E-state index in [1.807, 2.05) is 0 Å². The largest absolute Gasteiger partial charge is 0.377 e. The monoisotopic (exact) mass is 323 g/mol. The van der Waals surface area contributed by atoms with E-state index in [1.54, 1.807) is 12.1 Å². The lowest BCUT2D eigenvalue weighted by Crippen LogP contribution is -2.32. The molecule has 1 aliphatic heterocycles. The minimum Gasteiger partial charge on any atom is -0.377 e. The summed E-state index contributed by atoms with van der Waals surface area (Å²) in [5.74, 6) is -0.157. The molecular weight excluding hydrogens is 309 g/mol. The second-order valence-electron chi connectivity index (χ2n) is 4.48. The van der Waals surface area contributed by atoms with Crippen molar-refractivity contribution in [1.82, 2.24) is 4.72 Å². The van der Waals surface area contributed by atoms with Crippen molar-refractivity contribution >= 4 is 33.2 Å². The molecule has 0 amide bonds. The van der Waals surface area contributed by atoms with Gasteiger partial charge in [-0.2, -0.15) is 0 Å². The van der Waals surface area contributed by atoms with Gasteiger partial charge < -0.3 is 4.74 Å². The molecule has 0 spiro atoms. The Hall–Kier alpha value is -0.330. The summed E-state index contributed by atoms with van der Waals surface area (Å²) in [5, 5.41) is 0.841. The Bertz CT molecular complexity index is 542. The molecular formula is C12H15Cl2NO3S. The van der Waals surface area contributed by atoms with E-state index in [9.17, 15) is 8.42 Å². The predicted octanol–water partition coefficient (Wildman–Crippen LogP) is 2.59. The van der Waals surface area contributed by atoms with Crippen LogP contribution in [-0.4, -0.2) is 27.7 Å². The quantitative estimate of drug-likeness (QED) is 0.906. The summed E-state index contributed by atoms with van der Waals surface area (Å²) in [5.41, 5.74) is 0.533. The second-order valence-corrected chi connectivity index (χ2v) is 7.13. The Labute approximate surface area is 123 Å². The van der Waals surface area contributed by atoms with Crippen molar-refractivity contribution in [1.29, 1.82) is 0 Å². The Balaban J connectivity index is 1.96. The average Bonchev–Trinajstić information content (AvgIpc) is 2.83. The lowest BCUT2D eigenvalue weighted by Gasteiger charge is -2.12. The van der Waals surface area contributed by atoms with Crippen LogP contribution >= 0.6 is 23.2 Å². The minimum atomic E-state index is -3.41. The molecule has 106 valence electrons. The van der Waals surface area contributed by atoms with E-state index in [0.29, 0.717) is 28.8 Å². The van der Waals surface area contributed by atoms with Gasteiger partial charge in [0.25, 0.3) is 0 Å². The minimum absolute atomic E-state index is 0.0181. The third kappa shape index (κ3) is 4.61. The summed E-state index contributed by atoms with van der Waals surface area (Å²) < 4.78 is 31.8. The van der Waals surface area contributed by atoms with Crippen molar-refractivity contribution in [2.45, 2.75) is 24.7 Å². The van der Waals surface area contributed by atoms with Gasteiger partial charge in [0.05, 0.1) is 11.9 Å². The van der Waals surface area contributed by atoms with Crippen LogP contribution in [0.25, 0.3) is 0 Å². The van der Waals surface area contributed by atoms with Crippen molar-refractivity contribution in [2.75, 3.05) is 13.2 Å². The molecule has 1 N–H and O–H groups in total. The first-order valence-corrected chi connectivity index (χ1v) is 8.40. The summed E-state index contributed by atoms with van der Waals surface area (Å²) in [6.07, 6.45) is 1.86. The third-order valence-electron chi connectivity index (χ3n) is 2.92. The van der Waals surface area contributed by atoms with Gasteiger partial charge in [0, 0.05) is 23.2 Å². The highest BCUT2D eigenvalue weighted by atomic mass is 35.5. The zero-order valence-electron chi connectivity index (χ0n) is 10.2. The summed E-state index contributed by atoms with van der Waals surface area (Å²) >= 11 is 11.7. The molecule has 0 unspecified atom stereocenters. The highest BCUT2D eigenvalue weighted by molar-refractivity contribution is 7.88. The van der Waals surface area contributed by atoms with Crippen LogP contribution in [0.5, 0.6) is 0 Å². The van der Waals surface area contributed by atoms with Crippen molar-refractivity contribution in [3.05, 3.63) is 33.8 Å². The zero-order valence-corrected chi connectivity index (χ0v) is 12.6. The van der Waals surface area contributed by atoms with Crippen LogP contribution in [0.15, 0.2) is 18.2 Å². The number of ether oxygens (including phenoxy) is 1. The molecule has 19 heavy (non-hydrogen) atoms. The van der Waals surface area contributed by atoms with E-state index in [0.717, 1.165) is 12.8 Å². The summed E-state index contributed by atoms with van der Waals surface area (Å²) in [4.78, 5) is 0. The lowest BCUT2D eigenvalue weighted by molar-refractivity contribution is 0.114. The highest BCUT2D eigenvalue weighted by Gasteiger charge is 2.19. The van der Waals surface area contributed by atoms with Gasteiger partial charge in [0.15, 0.2) is 0 Å². The van der Waals surface area contributed by atoms with E-state index >= 15 is 0 Å². The molecule has 7 heteroatoms. The van der Waals surface area contributed by atoms with Crippen molar-refractivity contribution in [3.8, 4) is 0 Å². The van der Waals surface area contributed by atoms with Crippen molar-refractivity contribution in [2.24, 2.45) is 0 Å². The molecule has 0 radical (unpaired) electrons. The smallest absolute Gasteiger partial charge is 0.215 e. The number of halogens is 2. The molecule has 0 saturated carbocycles. The van der Waals surface area contributed by atoms with Crippen LogP contribution in [0.4, 0.5) is 0 Å². The summed E-state index contributed by atoms with van der Waals surface area (Å²) in [6.45, 7) is 1.02. The van der Waals surface area contributed by atoms with Gasteiger partial charge in [-0.3, -0.25) is 0 Å². The zero-order chi connectivity index (χ0) is 13.9. The first-order valence-electron chi connectivity index (χ1n) is 5.99. The van der Waals surface area contributed by atoms with Gasteiger partial charge in [-0.25, -0.2) is 13.1 Å². The van der Waals surface area contributed by atoms with Crippen LogP contribution in [-0.2, 0) is 20.5 Å². The lowest BCUT2D eigenvalue weighted by atomic mass is 10.2. The molecule has 0 aliphatic carbocycles. The maximum atomic E-state index is 11.9. The van der Waals surface area contributed by atoms with Gasteiger partial charge in [-0.1, -0.05) is 29.3 Å². The molecule has 1 fully saturated rings. The fraction of sp³-hybridized carbons (Fsp3) is 0.500. The SMILES string of the molecule is O=S(=O)(Cc1ccc(Cl)cc1Cl)NC[C@H]1CCCO1. The highest BCUT2D eigenvalue weighted by Crippen LogP contribution is 2.22. The maximum Gasteiger partial charge on any atom is 0.215 e. The number of hydrogen-bond donors (Lipinski definition) is 1. The molecule has 1 saturated heterocycles. The molecule has 1 aromatic rings. The van der Waals surface area contributed by atoms with E-state index in [-0.39, 0.29) is 11.9 Å². The van der Waals surface area contributed by atoms with Gasteiger partial charge in [-0.15, -0.1) is 0 Å². The van der Waals surface area contributed by atoms with Crippen molar-refractivity contribution < 1.29 is 13.2 Å². The fourth-order valence-electron chi connectivity index (χ4n) is 1.92. The van der Waals surface area contributed by atoms with E-state index in [4.69, 9.17) is 27.9 Å². The van der Waals surface area contributed by atoms with Gasteiger partial charge in [-0.05, 0) is 30.5 Å². The standard InChI is InChI=1S/C12H15Cl2NO3S/c13-10-4-3-9(12(14)6-10)8-19(16,17)15-7-11-2-1-5-18-11/h3-4,6,11,15H,1-2,5,7-8H2/t11-/m1/s1. The molecule has 1 atom stereocenters. The second kappa shape index (κ2) is 6.41. The van der Waals surface area contributed by atoms with Crippen LogP contribution in [0.3, 0.4) is 0 Å². The van der Waals surface area contributed by atoms with Crippen LogP contribution in [0.2, 0.25) is 10.0 Å². The predicted molar refractivity (Wildman–Crippen MR) is 76.1 cm³/mol. The van der Waals surface area contributed by atoms with Crippen LogP contribution in [0.1, 0.15) is 18.4 Å². The number of sulfonamides is 1. The first-order chi connectivity index (χ1) is 8.96. The molecule has 1 aromatic carbocycles. The third-order valence-corrected chi connectivity index (χ3v) is 4.80. The van der Waals surface area contributed by atoms with E-state index < -0.39 is 10.0 Å². The van der Waals surface area contributed by atoms with E-state index in [2.05, 4.69) is 4.72 Å². The number of nitrogens with one attached hydrogen (secondary N) is 1. The molecule has 0 bridgehead atoms. The van der Waals surface area contributed by atoms with E-state index in [1.165, 1.54) is 6.07 Å². The van der Waals surface area contributed by atoms with Crippen LogP contribution < -0.4 is 4.72 Å². The number of hydrogen-bond acceptors (Lipinski definition) is 3. The summed E-state index contributed by atoms with van der Waals surface area (Å²) in [6, 6.07) is 4.78.